The van der Waals surface area contributed by atoms with Crippen LogP contribution >= 0.6 is 0 Å². The van der Waals surface area contributed by atoms with E-state index in [0.717, 1.165) is 22.1 Å². The van der Waals surface area contributed by atoms with Gasteiger partial charge in [-0.15, -0.1) is 0 Å². The molecule has 1 aliphatic heterocycles. The number of sulfonamides is 1. The van der Waals surface area contributed by atoms with E-state index < -0.39 is 21.8 Å². The Morgan fingerprint density at radius 1 is 1.03 bits per heavy atom. The number of carbonyl (C=O) groups is 2. The van der Waals surface area contributed by atoms with Gasteiger partial charge in [0.15, 0.2) is 0 Å². The van der Waals surface area contributed by atoms with Gasteiger partial charge in [0.1, 0.15) is 5.70 Å². The van der Waals surface area contributed by atoms with Crippen LogP contribution in [0.4, 0.5) is 11.4 Å². The minimum atomic E-state index is -3.78. The minimum Gasteiger partial charge on any atom is -0.395 e. The summed E-state index contributed by atoms with van der Waals surface area (Å²) in [5, 5.41) is 11.7. The fraction of sp³-hybridized carbons (Fsp3) is 0.200. The fourth-order valence-electron chi connectivity index (χ4n) is 2.91. The van der Waals surface area contributed by atoms with Crippen LogP contribution in [0.25, 0.3) is 0 Å². The lowest BCUT2D eigenvalue weighted by Gasteiger charge is -2.14. The number of rotatable bonds is 7. The SMILES string of the molecule is Cc1ccc(NS(=O)(=O)c2ccc(NC3=CC(=O)N(CCO)C3=O)cc2)c(C)c1. The number of β-amino-alcohol motifs (C(OH)–C–C–N with tert-alkyl or cyclic N) is 1. The number of benzene rings is 2. The first-order valence-corrected chi connectivity index (χ1v) is 10.3. The number of hydrogen-bond acceptors (Lipinski definition) is 6. The second-order valence-corrected chi connectivity index (χ2v) is 8.33. The molecule has 0 unspecified atom stereocenters. The molecule has 0 radical (unpaired) electrons. The zero-order chi connectivity index (χ0) is 21.2. The van der Waals surface area contributed by atoms with Gasteiger partial charge in [-0.25, -0.2) is 8.42 Å². The van der Waals surface area contributed by atoms with Gasteiger partial charge in [0.05, 0.1) is 23.7 Å². The number of aliphatic hydroxyl groups is 1. The molecule has 0 saturated heterocycles. The summed E-state index contributed by atoms with van der Waals surface area (Å²) < 4.78 is 27.8. The predicted octanol–water partition coefficient (Wildman–Crippen LogP) is 1.76. The van der Waals surface area contributed by atoms with E-state index in [4.69, 9.17) is 5.11 Å². The molecule has 0 saturated carbocycles. The van der Waals surface area contributed by atoms with Gasteiger partial charge >= 0.3 is 0 Å². The molecule has 1 aliphatic rings. The maximum absolute atomic E-state index is 12.6. The molecule has 8 nitrogen and oxygen atoms in total. The summed E-state index contributed by atoms with van der Waals surface area (Å²) in [5.41, 5.74) is 2.87. The van der Waals surface area contributed by atoms with Crippen molar-refractivity contribution in [3.05, 3.63) is 65.4 Å². The summed E-state index contributed by atoms with van der Waals surface area (Å²) in [5.74, 6) is -1.05. The number of aliphatic hydroxyl groups excluding tert-OH is 1. The maximum atomic E-state index is 12.6. The van der Waals surface area contributed by atoms with E-state index in [2.05, 4.69) is 10.0 Å². The molecule has 29 heavy (non-hydrogen) atoms. The predicted molar refractivity (Wildman–Crippen MR) is 109 cm³/mol. The van der Waals surface area contributed by atoms with Crippen molar-refractivity contribution in [2.24, 2.45) is 0 Å². The number of anilines is 2. The lowest BCUT2D eigenvalue weighted by Crippen LogP contribution is -2.34. The van der Waals surface area contributed by atoms with Crippen molar-refractivity contribution in [2.45, 2.75) is 18.7 Å². The largest absolute Gasteiger partial charge is 0.395 e. The lowest BCUT2D eigenvalue weighted by molar-refractivity contribution is -0.137. The van der Waals surface area contributed by atoms with Crippen LogP contribution in [0.3, 0.4) is 0 Å². The van der Waals surface area contributed by atoms with Crippen molar-refractivity contribution in [1.29, 1.82) is 0 Å². The normalized spacial score (nSPS) is 14.2. The van der Waals surface area contributed by atoms with Gasteiger partial charge in [0.2, 0.25) is 0 Å². The molecule has 3 N–H and O–H groups in total. The first-order valence-electron chi connectivity index (χ1n) is 8.87. The van der Waals surface area contributed by atoms with E-state index in [0.29, 0.717) is 11.4 Å². The highest BCUT2D eigenvalue weighted by Gasteiger charge is 2.30. The molecule has 0 spiro atoms. The van der Waals surface area contributed by atoms with E-state index >= 15 is 0 Å². The van der Waals surface area contributed by atoms with E-state index in [1.165, 1.54) is 24.3 Å². The fourth-order valence-corrected chi connectivity index (χ4v) is 4.05. The topological polar surface area (TPSA) is 116 Å². The van der Waals surface area contributed by atoms with Crippen molar-refractivity contribution in [2.75, 3.05) is 23.2 Å². The van der Waals surface area contributed by atoms with Crippen molar-refractivity contribution >= 4 is 33.2 Å². The van der Waals surface area contributed by atoms with Crippen molar-refractivity contribution < 1.29 is 23.1 Å². The Morgan fingerprint density at radius 3 is 2.34 bits per heavy atom. The van der Waals surface area contributed by atoms with Crippen molar-refractivity contribution in [3.63, 3.8) is 0 Å². The number of aryl methyl sites for hydroxylation is 2. The number of imide groups is 1. The van der Waals surface area contributed by atoms with Gasteiger partial charge in [-0.2, -0.15) is 0 Å². The summed E-state index contributed by atoms with van der Waals surface area (Å²) in [6.07, 6.45) is 1.14. The van der Waals surface area contributed by atoms with Crippen LogP contribution < -0.4 is 10.0 Å². The minimum absolute atomic E-state index is 0.0625. The Hall–Kier alpha value is -3.17. The molecule has 0 aliphatic carbocycles. The molecule has 2 aromatic carbocycles. The molecule has 1 heterocycles. The van der Waals surface area contributed by atoms with Crippen LogP contribution in [0.2, 0.25) is 0 Å². The molecular weight excluding hydrogens is 394 g/mol. The molecule has 2 aromatic rings. The molecule has 0 aromatic heterocycles. The third-order valence-electron chi connectivity index (χ3n) is 4.40. The molecule has 0 fully saturated rings. The standard InChI is InChI=1S/C20H21N3O5S/c1-13-3-8-17(14(2)11-13)22-29(27,28)16-6-4-15(5-7-16)21-18-12-19(25)23(9-10-24)20(18)26/h3-8,11-12,21-22,24H,9-10H2,1-2H3. The number of hydrogen-bond donors (Lipinski definition) is 3. The molecule has 2 amide bonds. The Labute approximate surface area is 168 Å². The smallest absolute Gasteiger partial charge is 0.277 e. The summed E-state index contributed by atoms with van der Waals surface area (Å²) in [4.78, 5) is 24.9. The average Bonchev–Trinajstić information content (AvgIpc) is 2.92. The van der Waals surface area contributed by atoms with Gasteiger partial charge in [0.25, 0.3) is 21.8 Å². The lowest BCUT2D eigenvalue weighted by atomic mass is 10.1. The summed E-state index contributed by atoms with van der Waals surface area (Å²) in [6.45, 7) is 3.35. The van der Waals surface area contributed by atoms with Crippen molar-refractivity contribution in [3.8, 4) is 0 Å². The van der Waals surface area contributed by atoms with E-state index in [1.54, 1.807) is 6.07 Å². The summed E-state index contributed by atoms with van der Waals surface area (Å²) in [6, 6.07) is 11.2. The third kappa shape index (κ3) is 4.47. The highest BCUT2D eigenvalue weighted by molar-refractivity contribution is 7.92. The molecule has 152 valence electrons. The second kappa shape index (κ2) is 8.06. The maximum Gasteiger partial charge on any atom is 0.277 e. The first kappa shape index (κ1) is 20.6. The quantitative estimate of drug-likeness (QED) is 0.594. The highest BCUT2D eigenvalue weighted by Crippen LogP contribution is 2.23. The van der Waals surface area contributed by atoms with Gasteiger partial charge in [-0.3, -0.25) is 19.2 Å². The second-order valence-electron chi connectivity index (χ2n) is 6.65. The number of nitrogens with zero attached hydrogens (tertiary/aromatic N) is 1. The third-order valence-corrected chi connectivity index (χ3v) is 5.78. The van der Waals surface area contributed by atoms with Crippen LogP contribution in [0.5, 0.6) is 0 Å². The van der Waals surface area contributed by atoms with Crippen molar-refractivity contribution in [1.82, 2.24) is 4.90 Å². The molecule has 3 rings (SSSR count). The molecular formula is C20H21N3O5S. The monoisotopic (exact) mass is 415 g/mol. The van der Waals surface area contributed by atoms with Crippen LogP contribution in [-0.4, -0.2) is 43.4 Å². The van der Waals surface area contributed by atoms with Crippen LogP contribution in [0.15, 0.2) is 59.1 Å². The molecule has 0 atom stereocenters. The Balaban J connectivity index is 1.74. The van der Waals surface area contributed by atoms with Gasteiger partial charge < -0.3 is 10.4 Å². The Bertz CT molecular complexity index is 1090. The number of carbonyl (C=O) groups excluding carboxylic acids is 2. The zero-order valence-corrected chi connectivity index (χ0v) is 16.8. The summed E-state index contributed by atoms with van der Waals surface area (Å²) >= 11 is 0. The first-order chi connectivity index (χ1) is 13.7. The Morgan fingerprint density at radius 2 is 1.72 bits per heavy atom. The van der Waals surface area contributed by atoms with Gasteiger partial charge in [-0.05, 0) is 49.7 Å². The van der Waals surface area contributed by atoms with Crippen LogP contribution in [0.1, 0.15) is 11.1 Å². The average molecular weight is 415 g/mol. The Kier molecular flexibility index (Phi) is 5.71. The summed E-state index contributed by atoms with van der Waals surface area (Å²) in [7, 11) is -3.78. The molecule has 0 bridgehead atoms. The van der Waals surface area contributed by atoms with Gasteiger partial charge in [-0.1, -0.05) is 17.7 Å². The number of amides is 2. The highest BCUT2D eigenvalue weighted by atomic mass is 32.2. The van der Waals surface area contributed by atoms with E-state index in [9.17, 15) is 18.0 Å². The van der Waals surface area contributed by atoms with Crippen LogP contribution in [-0.2, 0) is 19.6 Å². The van der Waals surface area contributed by atoms with E-state index in [1.807, 2.05) is 26.0 Å². The van der Waals surface area contributed by atoms with Gasteiger partial charge in [0, 0.05) is 11.8 Å². The van der Waals surface area contributed by atoms with Crippen LogP contribution in [0, 0.1) is 13.8 Å². The molecule has 9 heteroatoms. The zero-order valence-electron chi connectivity index (χ0n) is 16.0. The van der Waals surface area contributed by atoms with E-state index in [-0.39, 0.29) is 23.7 Å². The number of nitrogens with one attached hydrogen (secondary N) is 2.